The van der Waals surface area contributed by atoms with E-state index in [4.69, 9.17) is 0 Å². The number of nitrogens with one attached hydrogen (secondary N) is 1. The number of nitrogens with zero attached hydrogens (tertiary/aromatic N) is 2. The van der Waals surface area contributed by atoms with E-state index >= 15 is 0 Å². The molecule has 78 valence electrons. The van der Waals surface area contributed by atoms with Crippen LogP contribution in [0.4, 0.5) is 0 Å². The van der Waals surface area contributed by atoms with E-state index in [0.29, 0.717) is 6.54 Å². The molecule has 0 radical (unpaired) electrons. The molecule has 1 amide bonds. The van der Waals surface area contributed by atoms with E-state index in [-0.39, 0.29) is 11.9 Å². The van der Waals surface area contributed by atoms with Crippen molar-refractivity contribution in [1.82, 2.24) is 14.9 Å². The van der Waals surface area contributed by atoms with Crippen molar-refractivity contribution in [3.05, 3.63) is 18.2 Å². The number of carbonyl (C=O) groups is 1. The Morgan fingerprint density at radius 2 is 2.36 bits per heavy atom. The van der Waals surface area contributed by atoms with E-state index in [0.717, 1.165) is 12.2 Å². The van der Waals surface area contributed by atoms with E-state index < -0.39 is 0 Å². The fraction of sp³-hybridized carbons (Fsp3) is 0.600. The molecule has 0 aromatic carbocycles. The molecule has 0 fully saturated rings. The Kier molecular flexibility index (Phi) is 3.68. The van der Waals surface area contributed by atoms with E-state index in [1.165, 1.54) is 0 Å². The van der Waals surface area contributed by atoms with Gasteiger partial charge in [-0.1, -0.05) is 6.92 Å². The summed E-state index contributed by atoms with van der Waals surface area (Å²) in [5.74, 6) is 0.990. The monoisotopic (exact) mass is 195 g/mol. The van der Waals surface area contributed by atoms with Crippen LogP contribution in [-0.4, -0.2) is 22.0 Å². The second-order valence-electron chi connectivity index (χ2n) is 3.17. The summed E-state index contributed by atoms with van der Waals surface area (Å²) in [5, 5.41) is 2.80. The van der Waals surface area contributed by atoms with Gasteiger partial charge in [-0.15, -0.1) is 0 Å². The van der Waals surface area contributed by atoms with Crippen molar-refractivity contribution in [2.24, 2.45) is 0 Å². The molecule has 0 saturated heterocycles. The summed E-state index contributed by atoms with van der Waals surface area (Å²) in [5.41, 5.74) is 0. The standard InChI is InChI=1S/C10H17N3O/c1-4-9-12-6-7-13(9)8(3)10(14)11-5-2/h6-8H,4-5H2,1-3H3,(H,11,14). The van der Waals surface area contributed by atoms with Crippen LogP contribution in [0.5, 0.6) is 0 Å². The highest BCUT2D eigenvalue weighted by Crippen LogP contribution is 2.09. The molecule has 1 atom stereocenters. The van der Waals surface area contributed by atoms with Gasteiger partial charge in [0.1, 0.15) is 11.9 Å². The highest BCUT2D eigenvalue weighted by molar-refractivity contribution is 5.79. The zero-order chi connectivity index (χ0) is 10.6. The zero-order valence-corrected chi connectivity index (χ0v) is 8.95. The molecule has 14 heavy (non-hydrogen) atoms. The fourth-order valence-corrected chi connectivity index (χ4v) is 1.42. The summed E-state index contributed by atoms with van der Waals surface area (Å²) < 4.78 is 1.91. The summed E-state index contributed by atoms with van der Waals surface area (Å²) in [4.78, 5) is 15.7. The average Bonchev–Trinajstić information content (AvgIpc) is 2.64. The van der Waals surface area contributed by atoms with Crippen LogP contribution in [0.1, 0.15) is 32.6 Å². The van der Waals surface area contributed by atoms with Gasteiger partial charge in [0.25, 0.3) is 0 Å². The van der Waals surface area contributed by atoms with Crippen LogP contribution in [-0.2, 0) is 11.2 Å². The van der Waals surface area contributed by atoms with Crippen molar-refractivity contribution in [3.63, 3.8) is 0 Å². The SMILES string of the molecule is CCNC(=O)C(C)n1ccnc1CC. The summed E-state index contributed by atoms with van der Waals surface area (Å²) >= 11 is 0. The Hall–Kier alpha value is -1.32. The van der Waals surface area contributed by atoms with E-state index in [1.807, 2.05) is 31.5 Å². The zero-order valence-electron chi connectivity index (χ0n) is 8.95. The average molecular weight is 195 g/mol. The Morgan fingerprint density at radius 3 is 2.93 bits per heavy atom. The van der Waals surface area contributed by atoms with E-state index in [2.05, 4.69) is 10.3 Å². The van der Waals surface area contributed by atoms with Crippen LogP contribution in [0.3, 0.4) is 0 Å². The third-order valence-electron chi connectivity index (χ3n) is 2.21. The summed E-state index contributed by atoms with van der Waals surface area (Å²) in [7, 11) is 0. The van der Waals surface area contributed by atoms with Gasteiger partial charge < -0.3 is 9.88 Å². The number of hydrogen-bond donors (Lipinski definition) is 1. The Labute approximate surface area is 84.3 Å². The molecule has 4 nitrogen and oxygen atoms in total. The van der Waals surface area contributed by atoms with Gasteiger partial charge in [0.15, 0.2) is 0 Å². The van der Waals surface area contributed by atoms with Gasteiger partial charge >= 0.3 is 0 Å². The van der Waals surface area contributed by atoms with Crippen LogP contribution >= 0.6 is 0 Å². The van der Waals surface area contributed by atoms with Gasteiger partial charge in [0.05, 0.1) is 0 Å². The van der Waals surface area contributed by atoms with Crippen LogP contribution in [0, 0.1) is 0 Å². The van der Waals surface area contributed by atoms with E-state index in [9.17, 15) is 4.79 Å². The minimum atomic E-state index is -0.174. The predicted octanol–water partition coefficient (Wildman–Crippen LogP) is 1.14. The summed E-state index contributed by atoms with van der Waals surface area (Å²) in [6.07, 6.45) is 4.42. The van der Waals surface area contributed by atoms with Crippen molar-refractivity contribution >= 4 is 5.91 Å². The molecule has 0 bridgehead atoms. The van der Waals surface area contributed by atoms with Crippen LogP contribution in [0.15, 0.2) is 12.4 Å². The molecular weight excluding hydrogens is 178 g/mol. The Bertz CT molecular complexity index is 306. The predicted molar refractivity (Wildman–Crippen MR) is 55.0 cm³/mol. The van der Waals surface area contributed by atoms with Gasteiger partial charge in [0.2, 0.25) is 5.91 Å². The first kappa shape index (κ1) is 10.8. The summed E-state index contributed by atoms with van der Waals surface area (Å²) in [6.45, 7) is 6.49. The molecular formula is C10H17N3O. The lowest BCUT2D eigenvalue weighted by Gasteiger charge is -2.14. The second kappa shape index (κ2) is 4.79. The molecule has 1 aromatic rings. The molecule has 1 unspecified atom stereocenters. The molecule has 0 aliphatic rings. The third kappa shape index (κ3) is 2.13. The smallest absolute Gasteiger partial charge is 0.242 e. The number of hydrogen-bond acceptors (Lipinski definition) is 2. The molecule has 4 heteroatoms. The van der Waals surface area contributed by atoms with Gasteiger partial charge in [-0.2, -0.15) is 0 Å². The molecule has 0 aliphatic heterocycles. The van der Waals surface area contributed by atoms with Crippen LogP contribution in [0.2, 0.25) is 0 Å². The first-order chi connectivity index (χ1) is 6.70. The normalized spacial score (nSPS) is 12.5. The lowest BCUT2D eigenvalue weighted by molar-refractivity contribution is -0.123. The van der Waals surface area contributed by atoms with Crippen LogP contribution < -0.4 is 5.32 Å². The van der Waals surface area contributed by atoms with Gasteiger partial charge in [-0.25, -0.2) is 4.98 Å². The number of aryl methyl sites for hydroxylation is 1. The molecule has 1 rings (SSSR count). The van der Waals surface area contributed by atoms with Crippen molar-refractivity contribution < 1.29 is 4.79 Å². The maximum absolute atomic E-state index is 11.5. The van der Waals surface area contributed by atoms with Crippen molar-refractivity contribution in [2.45, 2.75) is 33.2 Å². The van der Waals surface area contributed by atoms with E-state index in [1.54, 1.807) is 6.20 Å². The highest BCUT2D eigenvalue weighted by Gasteiger charge is 2.15. The topological polar surface area (TPSA) is 46.9 Å². The Balaban J connectivity index is 2.77. The quantitative estimate of drug-likeness (QED) is 0.783. The number of imidazole rings is 1. The lowest BCUT2D eigenvalue weighted by Crippen LogP contribution is -2.31. The molecule has 0 saturated carbocycles. The van der Waals surface area contributed by atoms with Gasteiger partial charge in [-0.05, 0) is 13.8 Å². The number of carbonyl (C=O) groups excluding carboxylic acids is 1. The van der Waals surface area contributed by atoms with Crippen molar-refractivity contribution in [3.8, 4) is 0 Å². The first-order valence-corrected chi connectivity index (χ1v) is 5.00. The van der Waals surface area contributed by atoms with Gasteiger partial charge in [0, 0.05) is 25.4 Å². The number of amides is 1. The molecule has 1 N–H and O–H groups in total. The minimum absolute atomic E-state index is 0.0419. The largest absolute Gasteiger partial charge is 0.355 e. The highest BCUT2D eigenvalue weighted by atomic mass is 16.2. The van der Waals surface area contributed by atoms with Crippen molar-refractivity contribution in [2.75, 3.05) is 6.54 Å². The Morgan fingerprint density at radius 1 is 1.64 bits per heavy atom. The number of rotatable bonds is 4. The lowest BCUT2D eigenvalue weighted by atomic mass is 10.3. The number of aromatic nitrogens is 2. The van der Waals surface area contributed by atoms with Crippen molar-refractivity contribution in [1.29, 1.82) is 0 Å². The fourth-order valence-electron chi connectivity index (χ4n) is 1.42. The minimum Gasteiger partial charge on any atom is -0.355 e. The first-order valence-electron chi connectivity index (χ1n) is 5.00. The number of likely N-dealkylation sites (N-methyl/N-ethyl adjacent to an activating group) is 1. The molecule has 1 heterocycles. The third-order valence-corrected chi connectivity index (χ3v) is 2.21. The molecule has 0 aliphatic carbocycles. The second-order valence-corrected chi connectivity index (χ2v) is 3.17. The molecule has 0 spiro atoms. The molecule has 1 aromatic heterocycles. The maximum Gasteiger partial charge on any atom is 0.242 e. The summed E-state index contributed by atoms with van der Waals surface area (Å²) in [6, 6.07) is -0.174. The van der Waals surface area contributed by atoms with Crippen LogP contribution in [0.25, 0.3) is 0 Å². The maximum atomic E-state index is 11.5. The van der Waals surface area contributed by atoms with Gasteiger partial charge in [-0.3, -0.25) is 4.79 Å².